The molecule has 2 rings (SSSR count). The predicted molar refractivity (Wildman–Crippen MR) is 81.7 cm³/mol. The van der Waals surface area contributed by atoms with Crippen LogP contribution >= 0.6 is 12.4 Å². The molecule has 1 aliphatic rings. The van der Waals surface area contributed by atoms with Crippen molar-refractivity contribution in [3.05, 3.63) is 29.8 Å². The van der Waals surface area contributed by atoms with Crippen LogP contribution in [0.15, 0.2) is 24.3 Å². The van der Waals surface area contributed by atoms with Crippen LogP contribution in [0.1, 0.15) is 25.5 Å². The summed E-state index contributed by atoms with van der Waals surface area (Å²) in [5, 5.41) is 9.00. The minimum Gasteiger partial charge on any atom is -0.491 e. The zero-order valence-corrected chi connectivity index (χ0v) is 12.9. The lowest BCUT2D eigenvalue weighted by Crippen LogP contribution is -2.39. The first-order valence-corrected chi connectivity index (χ1v) is 6.90. The number of hydrogen-bond donors (Lipinski definition) is 1. The summed E-state index contributed by atoms with van der Waals surface area (Å²) in [6, 6.07) is 8.10. The topological polar surface area (TPSA) is 41.9 Å². The molecule has 20 heavy (non-hydrogen) atoms. The van der Waals surface area contributed by atoms with Crippen molar-refractivity contribution < 1.29 is 14.6 Å². The van der Waals surface area contributed by atoms with Gasteiger partial charge in [-0.2, -0.15) is 0 Å². The number of aliphatic hydroxyl groups excluding tert-OH is 1. The number of ether oxygens (including phenoxy) is 2. The number of rotatable bonds is 5. The first kappa shape index (κ1) is 17.2. The molecule has 1 fully saturated rings. The summed E-state index contributed by atoms with van der Waals surface area (Å²) in [6.45, 7) is 7.41. The van der Waals surface area contributed by atoms with Crippen LogP contribution in [-0.2, 0) is 4.74 Å². The van der Waals surface area contributed by atoms with Crippen LogP contribution in [0.25, 0.3) is 0 Å². The van der Waals surface area contributed by atoms with Crippen LogP contribution in [0.4, 0.5) is 0 Å². The number of hydrogen-bond acceptors (Lipinski definition) is 4. The second-order valence-corrected chi connectivity index (χ2v) is 5.12. The van der Waals surface area contributed by atoms with E-state index in [1.54, 1.807) is 0 Å². The molecule has 4 nitrogen and oxygen atoms in total. The Morgan fingerprint density at radius 3 is 2.65 bits per heavy atom. The monoisotopic (exact) mass is 301 g/mol. The van der Waals surface area contributed by atoms with Gasteiger partial charge in [0, 0.05) is 19.6 Å². The van der Waals surface area contributed by atoms with E-state index in [0.717, 1.165) is 25.4 Å². The van der Waals surface area contributed by atoms with Gasteiger partial charge in [0.25, 0.3) is 0 Å². The third-order valence-corrected chi connectivity index (χ3v) is 3.19. The van der Waals surface area contributed by atoms with Gasteiger partial charge in [0.1, 0.15) is 5.75 Å². The lowest BCUT2D eigenvalue weighted by molar-refractivity contribution is -0.0338. The SMILES string of the molecule is CC(C)Oc1ccc(C2CN(CCO)CCO2)cc1.Cl. The molecule has 114 valence electrons. The van der Waals surface area contributed by atoms with Gasteiger partial charge in [0.05, 0.1) is 25.4 Å². The second kappa shape index (κ2) is 8.47. The number of aliphatic hydroxyl groups is 1. The lowest BCUT2D eigenvalue weighted by atomic mass is 10.1. The Labute approximate surface area is 127 Å². The Hall–Kier alpha value is -0.810. The van der Waals surface area contributed by atoms with Gasteiger partial charge in [-0.3, -0.25) is 4.90 Å². The number of benzene rings is 1. The molecule has 0 spiro atoms. The van der Waals surface area contributed by atoms with Crippen molar-refractivity contribution >= 4 is 12.4 Å². The Kier molecular flexibility index (Phi) is 7.30. The van der Waals surface area contributed by atoms with Gasteiger partial charge in [0.2, 0.25) is 0 Å². The van der Waals surface area contributed by atoms with Crippen LogP contribution in [0, 0.1) is 0 Å². The molecule has 0 aromatic heterocycles. The zero-order valence-electron chi connectivity index (χ0n) is 12.1. The summed E-state index contributed by atoms with van der Waals surface area (Å²) < 4.78 is 11.4. The van der Waals surface area contributed by atoms with Gasteiger partial charge in [-0.15, -0.1) is 12.4 Å². The molecule has 1 N–H and O–H groups in total. The predicted octanol–water partition coefficient (Wildman–Crippen LogP) is 2.26. The van der Waals surface area contributed by atoms with Crippen molar-refractivity contribution in [2.75, 3.05) is 32.8 Å². The van der Waals surface area contributed by atoms with E-state index >= 15 is 0 Å². The zero-order chi connectivity index (χ0) is 13.7. The molecule has 5 heteroatoms. The molecule has 1 aliphatic heterocycles. The summed E-state index contributed by atoms with van der Waals surface area (Å²) in [4.78, 5) is 2.23. The average molecular weight is 302 g/mol. The Morgan fingerprint density at radius 1 is 1.35 bits per heavy atom. The quantitative estimate of drug-likeness (QED) is 0.906. The van der Waals surface area contributed by atoms with Crippen LogP contribution in [0.5, 0.6) is 5.75 Å². The number of nitrogens with zero attached hydrogens (tertiary/aromatic N) is 1. The second-order valence-electron chi connectivity index (χ2n) is 5.12. The van der Waals surface area contributed by atoms with Crippen LogP contribution in [0.3, 0.4) is 0 Å². The molecule has 0 radical (unpaired) electrons. The standard InChI is InChI=1S/C15H23NO3.ClH/c1-12(2)19-14-5-3-13(4-6-14)15-11-16(7-9-17)8-10-18-15;/h3-6,12,15,17H,7-11H2,1-2H3;1H. The maximum atomic E-state index is 9.00. The van der Waals surface area contributed by atoms with E-state index < -0.39 is 0 Å². The van der Waals surface area contributed by atoms with E-state index in [9.17, 15) is 0 Å². The van der Waals surface area contributed by atoms with Crippen LogP contribution in [-0.4, -0.2) is 49.0 Å². The van der Waals surface area contributed by atoms with E-state index in [2.05, 4.69) is 17.0 Å². The Morgan fingerprint density at radius 2 is 2.05 bits per heavy atom. The molecular weight excluding hydrogens is 278 g/mol. The summed E-state index contributed by atoms with van der Waals surface area (Å²) in [7, 11) is 0. The maximum absolute atomic E-state index is 9.00. The Balaban J connectivity index is 0.00000200. The Bertz CT molecular complexity index is 381. The van der Waals surface area contributed by atoms with Crippen molar-refractivity contribution in [1.82, 2.24) is 4.90 Å². The lowest BCUT2D eigenvalue weighted by Gasteiger charge is -2.32. The van der Waals surface area contributed by atoms with Gasteiger partial charge in [-0.25, -0.2) is 0 Å². The van der Waals surface area contributed by atoms with Gasteiger partial charge in [-0.05, 0) is 31.5 Å². The molecule has 0 amide bonds. The number of morpholine rings is 1. The number of halogens is 1. The first-order chi connectivity index (χ1) is 9.19. The van der Waals surface area contributed by atoms with Crippen molar-refractivity contribution in [1.29, 1.82) is 0 Å². The highest BCUT2D eigenvalue weighted by atomic mass is 35.5. The summed E-state index contributed by atoms with van der Waals surface area (Å²) in [5.74, 6) is 0.891. The highest BCUT2D eigenvalue weighted by molar-refractivity contribution is 5.85. The van der Waals surface area contributed by atoms with E-state index in [1.165, 1.54) is 5.56 Å². The highest BCUT2D eigenvalue weighted by Gasteiger charge is 2.21. The maximum Gasteiger partial charge on any atom is 0.119 e. The van der Waals surface area contributed by atoms with E-state index in [1.807, 2.05) is 26.0 Å². The van der Waals surface area contributed by atoms with Crippen molar-refractivity contribution in [2.24, 2.45) is 0 Å². The molecule has 1 saturated heterocycles. The van der Waals surface area contributed by atoms with E-state index in [-0.39, 0.29) is 31.2 Å². The molecule has 1 heterocycles. The fraction of sp³-hybridized carbons (Fsp3) is 0.600. The average Bonchev–Trinajstić information content (AvgIpc) is 2.40. The summed E-state index contributed by atoms with van der Waals surface area (Å²) >= 11 is 0. The molecule has 1 unspecified atom stereocenters. The minimum absolute atomic E-state index is 0. The third-order valence-electron chi connectivity index (χ3n) is 3.19. The van der Waals surface area contributed by atoms with Crippen LogP contribution in [0.2, 0.25) is 0 Å². The molecule has 0 bridgehead atoms. The fourth-order valence-corrected chi connectivity index (χ4v) is 2.28. The molecule has 1 aromatic carbocycles. The van der Waals surface area contributed by atoms with Gasteiger partial charge in [-0.1, -0.05) is 12.1 Å². The van der Waals surface area contributed by atoms with E-state index in [0.29, 0.717) is 6.54 Å². The summed E-state index contributed by atoms with van der Waals surface area (Å²) in [5.41, 5.74) is 1.17. The van der Waals surface area contributed by atoms with Crippen molar-refractivity contribution in [3.8, 4) is 5.75 Å². The molecule has 1 aromatic rings. The largest absolute Gasteiger partial charge is 0.491 e. The van der Waals surface area contributed by atoms with Crippen molar-refractivity contribution in [2.45, 2.75) is 26.1 Å². The highest BCUT2D eigenvalue weighted by Crippen LogP contribution is 2.24. The normalized spacial score (nSPS) is 19.7. The van der Waals surface area contributed by atoms with Gasteiger partial charge in [0.15, 0.2) is 0 Å². The smallest absolute Gasteiger partial charge is 0.119 e. The van der Waals surface area contributed by atoms with Crippen molar-refractivity contribution in [3.63, 3.8) is 0 Å². The van der Waals surface area contributed by atoms with Crippen LogP contribution < -0.4 is 4.74 Å². The third kappa shape index (κ3) is 4.94. The first-order valence-electron chi connectivity index (χ1n) is 6.90. The molecule has 0 aliphatic carbocycles. The van der Waals surface area contributed by atoms with E-state index in [4.69, 9.17) is 14.6 Å². The fourth-order valence-electron chi connectivity index (χ4n) is 2.28. The summed E-state index contributed by atoms with van der Waals surface area (Å²) in [6.07, 6.45) is 0.283. The molecular formula is C15H24ClNO3. The number of β-amino-alcohol motifs (C(OH)–C–C–N with tert-alkyl or cyclic N) is 1. The van der Waals surface area contributed by atoms with Gasteiger partial charge >= 0.3 is 0 Å². The molecule has 1 atom stereocenters. The molecule has 0 saturated carbocycles. The minimum atomic E-state index is 0. The van der Waals surface area contributed by atoms with Gasteiger partial charge < -0.3 is 14.6 Å².